The number of carbonyl (C=O) groups excluding carboxylic acids is 1. The van der Waals surface area contributed by atoms with Gasteiger partial charge in [-0.2, -0.15) is 5.10 Å². The number of methoxy groups -OCH3 is 1. The molecule has 1 aliphatic rings. The molecule has 10 heteroatoms. The fourth-order valence-corrected chi connectivity index (χ4v) is 3.43. The number of amidine groups is 1. The third-order valence-electron chi connectivity index (χ3n) is 3.99. The summed E-state index contributed by atoms with van der Waals surface area (Å²) in [5, 5.41) is 18.6. The minimum absolute atomic E-state index is 0.244. The van der Waals surface area contributed by atoms with Gasteiger partial charge in [0.15, 0.2) is 16.7 Å². The zero-order valence-electron chi connectivity index (χ0n) is 15.9. The summed E-state index contributed by atoms with van der Waals surface area (Å²) < 4.78 is 24.0. The van der Waals surface area contributed by atoms with Gasteiger partial charge in [0.1, 0.15) is 17.7 Å². The number of benzene rings is 2. The van der Waals surface area contributed by atoms with E-state index < -0.39 is 17.1 Å². The Labute approximate surface area is 175 Å². The van der Waals surface area contributed by atoms with Crippen LogP contribution in [0, 0.1) is 5.82 Å². The van der Waals surface area contributed by atoms with Crippen LogP contribution in [0.25, 0.3) is 0 Å². The van der Waals surface area contributed by atoms with E-state index in [1.54, 1.807) is 30.3 Å². The number of nitrogens with one attached hydrogen (secondary N) is 1. The molecule has 0 spiro atoms. The minimum atomic E-state index is -1.05. The predicted octanol–water partition coefficient (Wildman–Crippen LogP) is 2.81. The number of hydrogen-bond donors (Lipinski definition) is 2. The summed E-state index contributed by atoms with van der Waals surface area (Å²) in [5.74, 6) is -0.766. The lowest BCUT2D eigenvalue weighted by atomic mass is 10.2. The van der Waals surface area contributed by atoms with Gasteiger partial charge in [-0.25, -0.2) is 4.39 Å². The molecule has 1 unspecified atom stereocenters. The van der Waals surface area contributed by atoms with Crippen molar-refractivity contribution in [2.45, 2.75) is 18.3 Å². The first-order valence-corrected chi connectivity index (χ1v) is 9.68. The Morgan fingerprint density at radius 1 is 1.27 bits per heavy atom. The first kappa shape index (κ1) is 21.3. The molecule has 2 N–H and O–H groups in total. The average molecular weight is 431 g/mol. The van der Waals surface area contributed by atoms with Crippen molar-refractivity contribution in [3.63, 3.8) is 0 Å². The first-order valence-electron chi connectivity index (χ1n) is 8.80. The summed E-state index contributed by atoms with van der Waals surface area (Å²) in [6.07, 6.45) is 1.19. The van der Waals surface area contributed by atoms with Crippen LogP contribution < -0.4 is 14.8 Å². The molecule has 1 fully saturated rings. The van der Waals surface area contributed by atoms with Crippen LogP contribution in [0.15, 0.2) is 52.7 Å². The molecule has 156 valence electrons. The summed E-state index contributed by atoms with van der Waals surface area (Å²) in [4.78, 5) is 22.4. The van der Waals surface area contributed by atoms with Gasteiger partial charge in [-0.15, -0.1) is 5.10 Å². The SMILES string of the molecule is COc1cc(C=N/N=C2/NC(=O)C(CC(=O)O)S2)ccc1OCc1ccc(F)cc1. The molecule has 0 aliphatic carbocycles. The number of ether oxygens (including phenoxy) is 2. The van der Waals surface area contributed by atoms with E-state index in [2.05, 4.69) is 15.5 Å². The van der Waals surface area contributed by atoms with Crippen molar-refractivity contribution >= 4 is 35.0 Å². The number of hydrogen-bond acceptors (Lipinski definition) is 7. The highest BCUT2D eigenvalue weighted by Gasteiger charge is 2.32. The van der Waals surface area contributed by atoms with E-state index in [0.29, 0.717) is 17.1 Å². The number of carboxylic acid groups (broad SMARTS) is 1. The van der Waals surface area contributed by atoms with Crippen LogP contribution in [0.1, 0.15) is 17.5 Å². The van der Waals surface area contributed by atoms with E-state index in [4.69, 9.17) is 14.6 Å². The van der Waals surface area contributed by atoms with Gasteiger partial charge in [0.2, 0.25) is 5.91 Å². The van der Waals surface area contributed by atoms with E-state index in [1.165, 1.54) is 25.5 Å². The van der Waals surface area contributed by atoms with Crippen LogP contribution in [-0.2, 0) is 16.2 Å². The third-order valence-corrected chi connectivity index (χ3v) is 5.06. The molecule has 1 atom stereocenters. The Morgan fingerprint density at radius 3 is 2.73 bits per heavy atom. The second-order valence-electron chi connectivity index (χ2n) is 6.17. The van der Waals surface area contributed by atoms with Crippen molar-refractivity contribution in [2.24, 2.45) is 10.2 Å². The highest BCUT2D eigenvalue weighted by molar-refractivity contribution is 8.15. The van der Waals surface area contributed by atoms with E-state index in [-0.39, 0.29) is 24.0 Å². The maximum absolute atomic E-state index is 13.0. The quantitative estimate of drug-likeness (QED) is 0.491. The van der Waals surface area contributed by atoms with Crippen LogP contribution in [0.4, 0.5) is 4.39 Å². The third kappa shape index (κ3) is 5.80. The van der Waals surface area contributed by atoms with Gasteiger partial charge in [-0.1, -0.05) is 23.9 Å². The Kier molecular flexibility index (Phi) is 7.02. The van der Waals surface area contributed by atoms with Crippen LogP contribution in [0.5, 0.6) is 11.5 Å². The van der Waals surface area contributed by atoms with E-state index in [9.17, 15) is 14.0 Å². The Bertz CT molecular complexity index is 994. The molecular weight excluding hydrogens is 413 g/mol. The molecule has 3 rings (SSSR count). The second-order valence-corrected chi connectivity index (χ2v) is 7.36. The van der Waals surface area contributed by atoms with Crippen molar-refractivity contribution in [1.29, 1.82) is 0 Å². The van der Waals surface area contributed by atoms with Crippen LogP contribution in [-0.4, -0.2) is 40.7 Å². The second kappa shape index (κ2) is 9.88. The molecule has 8 nitrogen and oxygen atoms in total. The monoisotopic (exact) mass is 431 g/mol. The Morgan fingerprint density at radius 2 is 2.03 bits per heavy atom. The molecule has 2 aromatic carbocycles. The lowest BCUT2D eigenvalue weighted by Gasteiger charge is -2.11. The molecule has 1 heterocycles. The molecule has 0 aromatic heterocycles. The lowest BCUT2D eigenvalue weighted by Crippen LogP contribution is -2.26. The van der Waals surface area contributed by atoms with Gasteiger partial charge in [0, 0.05) is 0 Å². The number of aliphatic carboxylic acids is 1. The zero-order valence-corrected chi connectivity index (χ0v) is 16.7. The first-order chi connectivity index (χ1) is 14.4. The summed E-state index contributed by atoms with van der Waals surface area (Å²) in [5.41, 5.74) is 1.50. The number of thioether (sulfide) groups is 1. The molecular formula is C20H18FN3O5S. The van der Waals surface area contributed by atoms with Gasteiger partial charge in [-0.3, -0.25) is 9.59 Å². The molecule has 1 amide bonds. The fraction of sp³-hybridized carbons (Fsp3) is 0.200. The molecule has 2 aromatic rings. The fourth-order valence-electron chi connectivity index (χ4n) is 2.52. The van der Waals surface area contributed by atoms with E-state index >= 15 is 0 Å². The number of nitrogens with zero attached hydrogens (tertiary/aromatic N) is 2. The van der Waals surface area contributed by atoms with Gasteiger partial charge >= 0.3 is 5.97 Å². The standard InChI is InChI=1S/C20H18FN3O5S/c1-28-16-8-13(4-7-15(16)29-11-12-2-5-14(21)6-3-12)10-22-24-20-23-19(27)17(30-20)9-18(25)26/h2-8,10,17H,9,11H2,1H3,(H,25,26)(H,23,24,27). The van der Waals surface area contributed by atoms with Gasteiger partial charge in [-0.05, 0) is 41.5 Å². The van der Waals surface area contributed by atoms with Crippen molar-refractivity contribution in [2.75, 3.05) is 7.11 Å². The highest BCUT2D eigenvalue weighted by Crippen LogP contribution is 2.28. The van der Waals surface area contributed by atoms with Crippen molar-refractivity contribution in [1.82, 2.24) is 5.32 Å². The number of carboxylic acids is 1. The summed E-state index contributed by atoms with van der Waals surface area (Å²) in [6.45, 7) is 0.256. The maximum Gasteiger partial charge on any atom is 0.305 e. The summed E-state index contributed by atoms with van der Waals surface area (Å²) in [7, 11) is 1.51. The smallest absolute Gasteiger partial charge is 0.305 e. The maximum atomic E-state index is 13.0. The molecule has 1 saturated heterocycles. The summed E-state index contributed by atoms with van der Waals surface area (Å²) in [6, 6.07) is 11.2. The number of amides is 1. The van der Waals surface area contributed by atoms with E-state index in [0.717, 1.165) is 17.3 Å². The van der Waals surface area contributed by atoms with Crippen LogP contribution in [0.2, 0.25) is 0 Å². The normalized spacial score (nSPS) is 17.3. The van der Waals surface area contributed by atoms with Crippen molar-refractivity contribution in [3.05, 3.63) is 59.4 Å². The minimum Gasteiger partial charge on any atom is -0.493 e. The average Bonchev–Trinajstić information content (AvgIpc) is 3.06. The van der Waals surface area contributed by atoms with Crippen LogP contribution >= 0.6 is 11.8 Å². The largest absolute Gasteiger partial charge is 0.493 e. The van der Waals surface area contributed by atoms with Gasteiger partial charge in [0.05, 0.1) is 19.7 Å². The van der Waals surface area contributed by atoms with Gasteiger partial charge < -0.3 is 19.9 Å². The predicted molar refractivity (Wildman–Crippen MR) is 111 cm³/mol. The Balaban J connectivity index is 1.62. The van der Waals surface area contributed by atoms with Gasteiger partial charge in [0.25, 0.3) is 0 Å². The summed E-state index contributed by atoms with van der Waals surface area (Å²) >= 11 is 1.02. The Hall–Kier alpha value is -3.40. The van der Waals surface area contributed by atoms with Crippen molar-refractivity contribution in [3.8, 4) is 11.5 Å². The molecule has 0 saturated carbocycles. The highest BCUT2D eigenvalue weighted by atomic mass is 32.2. The molecule has 0 radical (unpaired) electrons. The molecule has 30 heavy (non-hydrogen) atoms. The molecule has 0 bridgehead atoms. The number of halogens is 1. The number of rotatable bonds is 8. The molecule has 1 aliphatic heterocycles. The lowest BCUT2D eigenvalue weighted by molar-refractivity contribution is -0.138. The topological polar surface area (TPSA) is 110 Å². The van der Waals surface area contributed by atoms with Crippen LogP contribution in [0.3, 0.4) is 0 Å². The number of carbonyl (C=O) groups is 2. The van der Waals surface area contributed by atoms with E-state index in [1.807, 2.05) is 0 Å². The van der Waals surface area contributed by atoms with Crippen molar-refractivity contribution < 1.29 is 28.6 Å². The zero-order chi connectivity index (χ0) is 21.5.